The Morgan fingerprint density at radius 2 is 1.69 bits per heavy atom. The van der Waals surface area contributed by atoms with Crippen LogP contribution in [0.2, 0.25) is 0 Å². The van der Waals surface area contributed by atoms with E-state index < -0.39 is 0 Å². The zero-order valence-electron chi connectivity index (χ0n) is 8.37. The highest BCUT2D eigenvalue weighted by Crippen LogP contribution is 2.04. The molecule has 3 heteroatoms. The van der Waals surface area contributed by atoms with Gasteiger partial charge in [0.2, 0.25) is 0 Å². The van der Waals surface area contributed by atoms with Gasteiger partial charge in [-0.05, 0) is 25.1 Å². The molecule has 0 radical (unpaired) electrons. The van der Waals surface area contributed by atoms with Crippen LogP contribution in [0.3, 0.4) is 0 Å². The van der Waals surface area contributed by atoms with Crippen LogP contribution in [0.25, 0.3) is 0 Å². The number of thiol groups is 1. The minimum absolute atomic E-state index is 0.927. The normalized spacial score (nSPS) is 19.2. The van der Waals surface area contributed by atoms with Gasteiger partial charge in [0.15, 0.2) is 0 Å². The maximum Gasteiger partial charge on any atom is 0.0594 e. The van der Waals surface area contributed by atoms with Gasteiger partial charge in [-0.3, -0.25) is 4.90 Å². The van der Waals surface area contributed by atoms with Crippen LogP contribution in [0.1, 0.15) is 25.7 Å². The number of unbranched alkanes of at least 4 members (excludes halogenated alkanes) is 3. The molecule has 13 heavy (non-hydrogen) atoms. The van der Waals surface area contributed by atoms with E-state index in [4.69, 9.17) is 4.74 Å². The van der Waals surface area contributed by atoms with Gasteiger partial charge >= 0.3 is 0 Å². The zero-order chi connectivity index (χ0) is 9.36. The number of hydrogen-bond acceptors (Lipinski definition) is 3. The lowest BCUT2D eigenvalue weighted by Gasteiger charge is -2.26. The van der Waals surface area contributed by atoms with Gasteiger partial charge in [0.25, 0.3) is 0 Å². The summed E-state index contributed by atoms with van der Waals surface area (Å²) in [6.07, 6.45) is 5.31. The van der Waals surface area contributed by atoms with E-state index in [2.05, 4.69) is 17.5 Å². The molecule has 78 valence electrons. The number of rotatable bonds is 6. The molecule has 1 aliphatic rings. The highest BCUT2D eigenvalue weighted by Gasteiger charge is 2.08. The molecule has 0 aromatic heterocycles. The average Bonchev–Trinajstić information content (AvgIpc) is 2.19. The first-order chi connectivity index (χ1) is 6.43. The second-order valence-corrected chi connectivity index (χ2v) is 4.04. The van der Waals surface area contributed by atoms with Gasteiger partial charge in [0.05, 0.1) is 13.2 Å². The van der Waals surface area contributed by atoms with E-state index in [1.165, 1.54) is 32.2 Å². The summed E-state index contributed by atoms with van der Waals surface area (Å²) in [5, 5.41) is 0. The van der Waals surface area contributed by atoms with Crippen LogP contribution >= 0.6 is 12.6 Å². The number of hydrogen-bond donors (Lipinski definition) is 1. The van der Waals surface area contributed by atoms with Gasteiger partial charge in [-0.1, -0.05) is 12.8 Å². The molecule has 0 spiro atoms. The minimum Gasteiger partial charge on any atom is -0.379 e. The second kappa shape index (κ2) is 7.65. The smallest absolute Gasteiger partial charge is 0.0594 e. The standard InChI is InChI=1S/C10H21NOS/c13-10-4-2-1-3-5-11-6-8-12-9-7-11/h13H,1-10H2. The summed E-state index contributed by atoms with van der Waals surface area (Å²) in [6.45, 7) is 5.38. The quantitative estimate of drug-likeness (QED) is 0.522. The first-order valence-corrected chi connectivity index (χ1v) is 5.97. The maximum absolute atomic E-state index is 5.29. The lowest BCUT2D eigenvalue weighted by atomic mass is 10.2. The summed E-state index contributed by atoms with van der Waals surface area (Å²) >= 11 is 4.20. The molecule has 2 nitrogen and oxygen atoms in total. The second-order valence-electron chi connectivity index (χ2n) is 3.59. The van der Waals surface area contributed by atoms with Crippen LogP contribution in [0, 0.1) is 0 Å². The largest absolute Gasteiger partial charge is 0.379 e. The summed E-state index contributed by atoms with van der Waals surface area (Å²) in [4.78, 5) is 2.50. The fourth-order valence-electron chi connectivity index (χ4n) is 1.63. The lowest BCUT2D eigenvalue weighted by Crippen LogP contribution is -2.36. The molecular formula is C10H21NOS. The third kappa shape index (κ3) is 5.55. The van der Waals surface area contributed by atoms with Crippen LogP contribution in [0.4, 0.5) is 0 Å². The van der Waals surface area contributed by atoms with E-state index in [-0.39, 0.29) is 0 Å². The van der Waals surface area contributed by atoms with Crippen molar-refractivity contribution in [1.29, 1.82) is 0 Å². The fraction of sp³-hybridized carbons (Fsp3) is 1.00. The Hall–Kier alpha value is 0.270. The predicted octanol–water partition coefficient (Wildman–Crippen LogP) is 1.81. The van der Waals surface area contributed by atoms with E-state index in [0.29, 0.717) is 0 Å². The van der Waals surface area contributed by atoms with Gasteiger partial charge in [0, 0.05) is 13.1 Å². The summed E-state index contributed by atoms with van der Waals surface area (Å²) < 4.78 is 5.29. The lowest BCUT2D eigenvalue weighted by molar-refractivity contribution is 0.0371. The summed E-state index contributed by atoms with van der Waals surface area (Å²) in [5.74, 6) is 1.04. The SMILES string of the molecule is SCCCCCCN1CCOCC1. The molecule has 0 aliphatic carbocycles. The molecule has 0 unspecified atom stereocenters. The number of morpholine rings is 1. The summed E-state index contributed by atoms with van der Waals surface area (Å²) in [5.41, 5.74) is 0. The Kier molecular flexibility index (Phi) is 6.68. The van der Waals surface area contributed by atoms with Crippen molar-refractivity contribution in [2.75, 3.05) is 38.6 Å². The van der Waals surface area contributed by atoms with Gasteiger partial charge in [-0.15, -0.1) is 0 Å². The summed E-state index contributed by atoms with van der Waals surface area (Å²) in [6, 6.07) is 0. The molecule has 1 heterocycles. The first-order valence-electron chi connectivity index (χ1n) is 5.34. The van der Waals surface area contributed by atoms with Crippen LogP contribution in [0.5, 0.6) is 0 Å². The first kappa shape index (κ1) is 11.3. The zero-order valence-corrected chi connectivity index (χ0v) is 9.27. The Labute approximate surface area is 87.0 Å². The van der Waals surface area contributed by atoms with Crippen molar-refractivity contribution in [3.63, 3.8) is 0 Å². The molecule has 1 rings (SSSR count). The van der Waals surface area contributed by atoms with Crippen LogP contribution in [-0.4, -0.2) is 43.5 Å². The Bertz CT molecular complexity index is 115. The molecule has 0 aromatic carbocycles. The molecule has 1 aliphatic heterocycles. The van der Waals surface area contributed by atoms with Crippen LogP contribution in [0.15, 0.2) is 0 Å². The minimum atomic E-state index is 0.927. The van der Waals surface area contributed by atoms with Crippen molar-refractivity contribution in [2.24, 2.45) is 0 Å². The molecule has 0 N–H and O–H groups in total. The van der Waals surface area contributed by atoms with Gasteiger partial charge in [-0.25, -0.2) is 0 Å². The Balaban J connectivity index is 1.86. The monoisotopic (exact) mass is 203 g/mol. The van der Waals surface area contributed by atoms with Crippen molar-refractivity contribution in [1.82, 2.24) is 4.90 Å². The third-order valence-electron chi connectivity index (χ3n) is 2.49. The summed E-state index contributed by atoms with van der Waals surface area (Å²) in [7, 11) is 0. The maximum atomic E-state index is 5.29. The average molecular weight is 203 g/mol. The molecule has 0 amide bonds. The topological polar surface area (TPSA) is 12.5 Å². The predicted molar refractivity (Wildman–Crippen MR) is 59.6 cm³/mol. The molecule has 1 saturated heterocycles. The number of ether oxygens (including phenoxy) is 1. The van der Waals surface area contributed by atoms with Gasteiger partial charge in [0.1, 0.15) is 0 Å². The third-order valence-corrected chi connectivity index (χ3v) is 2.80. The van der Waals surface area contributed by atoms with Gasteiger partial charge < -0.3 is 4.74 Å². The fourth-order valence-corrected chi connectivity index (χ4v) is 1.85. The Morgan fingerprint density at radius 1 is 1.00 bits per heavy atom. The van der Waals surface area contributed by atoms with Gasteiger partial charge in [-0.2, -0.15) is 12.6 Å². The van der Waals surface area contributed by atoms with Crippen molar-refractivity contribution >= 4 is 12.6 Å². The van der Waals surface area contributed by atoms with E-state index in [9.17, 15) is 0 Å². The number of nitrogens with zero attached hydrogens (tertiary/aromatic N) is 1. The van der Waals surface area contributed by atoms with E-state index >= 15 is 0 Å². The van der Waals surface area contributed by atoms with Crippen molar-refractivity contribution < 1.29 is 4.74 Å². The van der Waals surface area contributed by atoms with Crippen molar-refractivity contribution in [3.8, 4) is 0 Å². The molecule has 0 aromatic rings. The highest BCUT2D eigenvalue weighted by molar-refractivity contribution is 7.80. The molecule has 1 fully saturated rings. The molecule has 0 atom stereocenters. The van der Waals surface area contributed by atoms with E-state index in [1.54, 1.807) is 0 Å². The highest BCUT2D eigenvalue weighted by atomic mass is 32.1. The molecular weight excluding hydrogens is 182 g/mol. The van der Waals surface area contributed by atoms with E-state index in [0.717, 1.165) is 32.1 Å². The van der Waals surface area contributed by atoms with Crippen molar-refractivity contribution in [3.05, 3.63) is 0 Å². The molecule has 0 saturated carbocycles. The van der Waals surface area contributed by atoms with E-state index in [1.807, 2.05) is 0 Å². The van der Waals surface area contributed by atoms with Crippen LogP contribution in [-0.2, 0) is 4.74 Å². The van der Waals surface area contributed by atoms with Crippen LogP contribution < -0.4 is 0 Å². The Morgan fingerprint density at radius 3 is 2.38 bits per heavy atom. The molecule has 0 bridgehead atoms. The van der Waals surface area contributed by atoms with Crippen molar-refractivity contribution in [2.45, 2.75) is 25.7 Å².